The van der Waals surface area contributed by atoms with Crippen LogP contribution < -0.4 is 0 Å². The molecule has 8 heteroatoms. The number of carbonyl (C=O) groups is 1. The lowest BCUT2D eigenvalue weighted by Gasteiger charge is -2.23. The van der Waals surface area contributed by atoms with Crippen LogP contribution in [-0.4, -0.2) is 90.9 Å². The second kappa shape index (κ2) is 19.0. The van der Waals surface area contributed by atoms with Gasteiger partial charge in [0.2, 0.25) is 0 Å². The minimum atomic E-state index is -0.403. The van der Waals surface area contributed by atoms with Crippen molar-refractivity contribution < 1.29 is 38.0 Å². The van der Waals surface area contributed by atoms with Gasteiger partial charge in [-0.2, -0.15) is 0 Å². The van der Waals surface area contributed by atoms with Crippen LogP contribution in [0.15, 0.2) is 12.2 Å². The summed E-state index contributed by atoms with van der Waals surface area (Å²) in [6.07, 6.45) is 0.976. The lowest BCUT2D eigenvalue weighted by molar-refractivity contribution is -0.140. The van der Waals surface area contributed by atoms with Crippen LogP contribution in [0.4, 0.5) is 0 Å². The molecule has 0 unspecified atom stereocenters. The SMILES string of the molecule is C=C(C)C(=O)OCCOCCOCCOCCOCCOCCOC(C)(C)CC. The first kappa shape index (κ1) is 28.0. The van der Waals surface area contributed by atoms with Crippen LogP contribution >= 0.6 is 0 Å². The van der Waals surface area contributed by atoms with Crippen LogP contribution in [0, 0.1) is 0 Å². The van der Waals surface area contributed by atoms with E-state index < -0.39 is 5.97 Å². The number of ether oxygens (including phenoxy) is 7. The maximum Gasteiger partial charge on any atom is 0.333 e. The Labute approximate surface area is 175 Å². The third kappa shape index (κ3) is 20.0. The number of rotatable bonds is 21. The molecule has 29 heavy (non-hydrogen) atoms. The highest BCUT2D eigenvalue weighted by molar-refractivity contribution is 5.86. The lowest BCUT2D eigenvalue weighted by atomic mass is 10.1. The van der Waals surface area contributed by atoms with Gasteiger partial charge in [0.1, 0.15) is 6.61 Å². The molecule has 172 valence electrons. The first-order valence-corrected chi connectivity index (χ1v) is 10.2. The molecular formula is C21H40O8. The predicted octanol–water partition coefficient (Wildman–Crippen LogP) is 2.39. The molecule has 0 saturated carbocycles. The van der Waals surface area contributed by atoms with Crippen molar-refractivity contribution in [2.75, 3.05) is 79.3 Å². The van der Waals surface area contributed by atoms with Crippen molar-refractivity contribution in [2.24, 2.45) is 0 Å². The minimum absolute atomic E-state index is 0.0882. The van der Waals surface area contributed by atoms with Gasteiger partial charge in [0.15, 0.2) is 0 Å². The summed E-state index contributed by atoms with van der Waals surface area (Å²) in [5.74, 6) is -0.403. The number of hydrogen-bond donors (Lipinski definition) is 0. The van der Waals surface area contributed by atoms with Gasteiger partial charge in [-0.15, -0.1) is 0 Å². The van der Waals surface area contributed by atoms with E-state index in [2.05, 4.69) is 27.4 Å². The van der Waals surface area contributed by atoms with Crippen molar-refractivity contribution in [3.63, 3.8) is 0 Å². The molecule has 0 rings (SSSR count). The zero-order chi connectivity index (χ0) is 21.8. The van der Waals surface area contributed by atoms with Gasteiger partial charge in [-0.25, -0.2) is 4.79 Å². The minimum Gasteiger partial charge on any atom is -0.460 e. The normalized spacial score (nSPS) is 11.6. The van der Waals surface area contributed by atoms with Gasteiger partial charge in [-0.1, -0.05) is 13.5 Å². The highest BCUT2D eigenvalue weighted by Crippen LogP contribution is 2.12. The highest BCUT2D eigenvalue weighted by Gasteiger charge is 2.14. The number of hydrogen-bond acceptors (Lipinski definition) is 8. The Hall–Kier alpha value is -1.03. The second-order valence-corrected chi connectivity index (χ2v) is 6.94. The summed E-state index contributed by atoms with van der Waals surface area (Å²) in [5.41, 5.74) is 0.291. The van der Waals surface area contributed by atoms with Gasteiger partial charge >= 0.3 is 5.97 Å². The van der Waals surface area contributed by atoms with Gasteiger partial charge in [0, 0.05) is 5.57 Å². The topological polar surface area (TPSA) is 81.7 Å². The van der Waals surface area contributed by atoms with E-state index in [0.29, 0.717) is 78.2 Å². The molecule has 0 aliphatic heterocycles. The van der Waals surface area contributed by atoms with Crippen molar-refractivity contribution >= 4 is 5.97 Å². The molecule has 0 fully saturated rings. The van der Waals surface area contributed by atoms with E-state index in [1.807, 2.05) is 0 Å². The molecule has 0 aromatic heterocycles. The largest absolute Gasteiger partial charge is 0.460 e. The Bertz CT molecular complexity index is 411. The summed E-state index contributed by atoms with van der Waals surface area (Å²) in [7, 11) is 0. The van der Waals surface area contributed by atoms with Gasteiger partial charge in [0.25, 0.3) is 0 Å². The van der Waals surface area contributed by atoms with Crippen molar-refractivity contribution in [1.82, 2.24) is 0 Å². The Morgan fingerprint density at radius 3 is 1.38 bits per heavy atom. The van der Waals surface area contributed by atoms with Crippen LogP contribution in [0.1, 0.15) is 34.1 Å². The molecule has 0 aromatic carbocycles. The lowest BCUT2D eigenvalue weighted by Crippen LogP contribution is -2.25. The van der Waals surface area contributed by atoms with E-state index in [1.54, 1.807) is 6.92 Å². The van der Waals surface area contributed by atoms with Crippen molar-refractivity contribution in [3.8, 4) is 0 Å². The van der Waals surface area contributed by atoms with E-state index in [1.165, 1.54) is 0 Å². The third-order valence-corrected chi connectivity index (χ3v) is 3.87. The third-order valence-electron chi connectivity index (χ3n) is 3.87. The number of esters is 1. The van der Waals surface area contributed by atoms with Crippen LogP contribution in [0.2, 0.25) is 0 Å². The van der Waals surface area contributed by atoms with Crippen molar-refractivity contribution in [3.05, 3.63) is 12.2 Å². The maximum absolute atomic E-state index is 11.1. The van der Waals surface area contributed by atoms with Crippen LogP contribution in [-0.2, 0) is 38.0 Å². The molecular weight excluding hydrogens is 380 g/mol. The molecule has 8 nitrogen and oxygen atoms in total. The van der Waals surface area contributed by atoms with Gasteiger partial charge in [-0.3, -0.25) is 0 Å². The molecule has 0 amide bonds. The fraction of sp³-hybridized carbons (Fsp3) is 0.857. The summed E-state index contributed by atoms with van der Waals surface area (Å²) < 4.78 is 37.5. The molecule has 0 atom stereocenters. The van der Waals surface area contributed by atoms with E-state index in [9.17, 15) is 4.79 Å². The quantitative estimate of drug-likeness (QED) is 0.159. The zero-order valence-corrected chi connectivity index (χ0v) is 18.7. The molecule has 0 N–H and O–H groups in total. The van der Waals surface area contributed by atoms with Gasteiger partial charge in [0.05, 0.1) is 78.3 Å². The summed E-state index contributed by atoms with van der Waals surface area (Å²) in [6, 6.07) is 0. The first-order chi connectivity index (χ1) is 13.9. The average Bonchev–Trinajstić information content (AvgIpc) is 2.69. The fourth-order valence-electron chi connectivity index (χ4n) is 1.78. The van der Waals surface area contributed by atoms with Gasteiger partial charge < -0.3 is 33.2 Å². The average molecular weight is 421 g/mol. The molecule has 0 saturated heterocycles. The summed E-state index contributed by atoms with van der Waals surface area (Å²) >= 11 is 0. The fourth-order valence-corrected chi connectivity index (χ4v) is 1.78. The van der Waals surface area contributed by atoms with Crippen LogP contribution in [0.3, 0.4) is 0 Å². The van der Waals surface area contributed by atoms with E-state index >= 15 is 0 Å². The standard InChI is InChI=1S/C21H40O8/c1-6-21(4,5)29-18-16-27-14-12-25-10-8-23-7-9-24-11-13-26-15-17-28-20(22)19(2)3/h2,6-18H2,1,3-5H3. The van der Waals surface area contributed by atoms with E-state index in [-0.39, 0.29) is 12.2 Å². The first-order valence-electron chi connectivity index (χ1n) is 10.2. The van der Waals surface area contributed by atoms with Gasteiger partial charge in [-0.05, 0) is 27.2 Å². The number of carbonyl (C=O) groups excluding carboxylic acids is 1. The summed E-state index contributed by atoms with van der Waals surface area (Å²) in [5, 5.41) is 0. The molecule has 0 radical (unpaired) electrons. The smallest absolute Gasteiger partial charge is 0.333 e. The molecule has 0 aliphatic carbocycles. The Balaban J connectivity index is 3.14. The molecule has 0 aromatic rings. The van der Waals surface area contributed by atoms with Crippen LogP contribution in [0.5, 0.6) is 0 Å². The van der Waals surface area contributed by atoms with Crippen molar-refractivity contribution in [1.29, 1.82) is 0 Å². The van der Waals surface area contributed by atoms with Crippen LogP contribution in [0.25, 0.3) is 0 Å². The van der Waals surface area contributed by atoms with E-state index in [4.69, 9.17) is 33.2 Å². The zero-order valence-electron chi connectivity index (χ0n) is 18.7. The molecule has 0 spiro atoms. The van der Waals surface area contributed by atoms with E-state index in [0.717, 1.165) is 6.42 Å². The summed E-state index contributed by atoms with van der Waals surface area (Å²) in [6.45, 7) is 17.1. The molecule has 0 bridgehead atoms. The Morgan fingerprint density at radius 1 is 0.690 bits per heavy atom. The molecule has 0 aliphatic rings. The predicted molar refractivity (Wildman–Crippen MR) is 110 cm³/mol. The second-order valence-electron chi connectivity index (χ2n) is 6.94. The summed E-state index contributed by atoms with van der Waals surface area (Å²) in [4.78, 5) is 11.1. The maximum atomic E-state index is 11.1. The monoisotopic (exact) mass is 420 g/mol. The Kier molecular flexibility index (Phi) is 18.3. The van der Waals surface area contributed by atoms with Crippen molar-refractivity contribution in [2.45, 2.75) is 39.7 Å². The molecule has 0 heterocycles. The highest BCUT2D eigenvalue weighted by atomic mass is 16.6. The Morgan fingerprint density at radius 2 is 1.03 bits per heavy atom.